The molecule has 0 saturated carbocycles. The zero-order chi connectivity index (χ0) is 14.7. The van der Waals surface area contributed by atoms with Gasteiger partial charge >= 0.3 is 0 Å². The summed E-state index contributed by atoms with van der Waals surface area (Å²) < 4.78 is 0. The van der Waals surface area contributed by atoms with Crippen molar-refractivity contribution in [2.75, 3.05) is 20.1 Å². The highest BCUT2D eigenvalue weighted by atomic mass is 15.2. The van der Waals surface area contributed by atoms with Gasteiger partial charge in [0.15, 0.2) is 0 Å². The summed E-state index contributed by atoms with van der Waals surface area (Å²) in [6.07, 6.45) is 2.68. The standard InChI is InChI=1S/C18H30N2/c1-13-6-7-15(3)17(11-13)18(19-5)12-20-9-8-14(2)10-16(20)4/h6-7,11,14,16,18-19H,8-10,12H2,1-5H3. The molecule has 112 valence electrons. The number of likely N-dealkylation sites (tertiary alicyclic amines) is 1. The third-order valence-electron chi connectivity index (χ3n) is 4.85. The number of nitrogens with one attached hydrogen (secondary N) is 1. The number of aryl methyl sites for hydroxylation is 2. The van der Waals surface area contributed by atoms with Gasteiger partial charge < -0.3 is 5.32 Å². The number of piperidine rings is 1. The van der Waals surface area contributed by atoms with Crippen LogP contribution in [0.25, 0.3) is 0 Å². The smallest absolute Gasteiger partial charge is 0.0449 e. The molecule has 2 rings (SSSR count). The maximum Gasteiger partial charge on any atom is 0.0449 e. The molecular formula is C18H30N2. The fraction of sp³-hybridized carbons (Fsp3) is 0.667. The van der Waals surface area contributed by atoms with Crippen molar-refractivity contribution in [2.24, 2.45) is 5.92 Å². The molecule has 20 heavy (non-hydrogen) atoms. The van der Waals surface area contributed by atoms with E-state index in [2.05, 4.69) is 63.2 Å². The summed E-state index contributed by atoms with van der Waals surface area (Å²) in [6.45, 7) is 11.5. The second-order valence-electron chi connectivity index (χ2n) is 6.67. The van der Waals surface area contributed by atoms with Gasteiger partial charge in [0.1, 0.15) is 0 Å². The molecule has 1 N–H and O–H groups in total. The van der Waals surface area contributed by atoms with E-state index in [1.807, 2.05) is 0 Å². The summed E-state index contributed by atoms with van der Waals surface area (Å²) in [5.41, 5.74) is 4.21. The van der Waals surface area contributed by atoms with Crippen LogP contribution in [0.1, 0.15) is 49.4 Å². The molecule has 0 bridgehead atoms. The van der Waals surface area contributed by atoms with Gasteiger partial charge in [0.2, 0.25) is 0 Å². The quantitative estimate of drug-likeness (QED) is 0.901. The van der Waals surface area contributed by atoms with Crippen LogP contribution in [0.2, 0.25) is 0 Å². The predicted molar refractivity (Wildman–Crippen MR) is 87.1 cm³/mol. The van der Waals surface area contributed by atoms with Gasteiger partial charge in [-0.2, -0.15) is 0 Å². The molecule has 0 aliphatic carbocycles. The lowest BCUT2D eigenvalue weighted by molar-refractivity contribution is 0.118. The van der Waals surface area contributed by atoms with Crippen molar-refractivity contribution in [3.05, 3.63) is 34.9 Å². The van der Waals surface area contributed by atoms with Crippen LogP contribution in [0, 0.1) is 19.8 Å². The Morgan fingerprint density at radius 1 is 1.30 bits per heavy atom. The monoisotopic (exact) mass is 274 g/mol. The summed E-state index contributed by atoms with van der Waals surface area (Å²) >= 11 is 0. The molecule has 1 aliphatic heterocycles. The number of hydrogen-bond donors (Lipinski definition) is 1. The SMILES string of the molecule is CNC(CN1CCC(C)CC1C)c1cc(C)ccc1C. The number of nitrogens with zero attached hydrogens (tertiary/aromatic N) is 1. The number of likely N-dealkylation sites (N-methyl/N-ethyl adjacent to an activating group) is 1. The molecule has 0 radical (unpaired) electrons. The first-order chi connectivity index (χ1) is 9.51. The number of hydrogen-bond acceptors (Lipinski definition) is 2. The average molecular weight is 274 g/mol. The first-order valence-electron chi connectivity index (χ1n) is 7.99. The van der Waals surface area contributed by atoms with Gasteiger partial charge in [0.05, 0.1) is 0 Å². The van der Waals surface area contributed by atoms with E-state index in [0.29, 0.717) is 12.1 Å². The van der Waals surface area contributed by atoms with Crippen LogP contribution in [-0.2, 0) is 0 Å². The fourth-order valence-corrected chi connectivity index (χ4v) is 3.44. The van der Waals surface area contributed by atoms with Gasteiger partial charge in [0, 0.05) is 18.6 Å². The Labute approximate surface area is 124 Å². The lowest BCUT2D eigenvalue weighted by Gasteiger charge is -2.38. The largest absolute Gasteiger partial charge is 0.312 e. The normalized spacial score (nSPS) is 25.6. The topological polar surface area (TPSA) is 15.3 Å². The minimum absolute atomic E-state index is 0.436. The summed E-state index contributed by atoms with van der Waals surface area (Å²) in [6, 6.07) is 7.94. The van der Waals surface area contributed by atoms with Crippen LogP contribution in [0.3, 0.4) is 0 Å². The molecule has 0 aromatic heterocycles. The number of rotatable bonds is 4. The molecule has 1 aromatic rings. The molecule has 1 aliphatic rings. The zero-order valence-corrected chi connectivity index (χ0v) is 13.7. The summed E-state index contributed by atoms with van der Waals surface area (Å²) in [4.78, 5) is 2.66. The Bertz CT molecular complexity index is 441. The third kappa shape index (κ3) is 3.62. The molecule has 3 atom stereocenters. The van der Waals surface area contributed by atoms with Crippen molar-refractivity contribution in [3.8, 4) is 0 Å². The van der Waals surface area contributed by atoms with Gasteiger partial charge in [-0.25, -0.2) is 0 Å². The van der Waals surface area contributed by atoms with Crippen LogP contribution in [0.5, 0.6) is 0 Å². The van der Waals surface area contributed by atoms with Crippen molar-refractivity contribution < 1.29 is 0 Å². The van der Waals surface area contributed by atoms with E-state index in [9.17, 15) is 0 Å². The molecule has 2 nitrogen and oxygen atoms in total. The Kier molecular flexibility index (Phi) is 5.22. The highest BCUT2D eigenvalue weighted by Gasteiger charge is 2.25. The van der Waals surface area contributed by atoms with Gasteiger partial charge in [-0.1, -0.05) is 30.7 Å². The average Bonchev–Trinajstić information content (AvgIpc) is 2.41. The summed E-state index contributed by atoms with van der Waals surface area (Å²) in [5.74, 6) is 0.884. The minimum Gasteiger partial charge on any atom is -0.312 e. The second kappa shape index (κ2) is 6.73. The highest BCUT2D eigenvalue weighted by molar-refractivity contribution is 5.33. The van der Waals surface area contributed by atoms with Crippen LogP contribution in [-0.4, -0.2) is 31.1 Å². The molecule has 3 unspecified atom stereocenters. The molecule has 1 saturated heterocycles. The van der Waals surface area contributed by atoms with Crippen LogP contribution in [0.4, 0.5) is 0 Å². The maximum absolute atomic E-state index is 3.52. The van der Waals surface area contributed by atoms with Crippen molar-refractivity contribution in [3.63, 3.8) is 0 Å². The third-order valence-corrected chi connectivity index (χ3v) is 4.85. The number of benzene rings is 1. The minimum atomic E-state index is 0.436. The van der Waals surface area contributed by atoms with Gasteiger partial charge in [0.25, 0.3) is 0 Å². The second-order valence-corrected chi connectivity index (χ2v) is 6.67. The van der Waals surface area contributed by atoms with Crippen molar-refractivity contribution in [1.29, 1.82) is 0 Å². The first kappa shape index (κ1) is 15.5. The van der Waals surface area contributed by atoms with E-state index in [1.165, 1.54) is 36.1 Å². The van der Waals surface area contributed by atoms with E-state index in [4.69, 9.17) is 0 Å². The van der Waals surface area contributed by atoms with Crippen molar-refractivity contribution >= 4 is 0 Å². The lowest BCUT2D eigenvalue weighted by Crippen LogP contribution is -2.44. The predicted octanol–water partition coefficient (Wildman–Crippen LogP) is 3.68. The molecule has 1 aromatic carbocycles. The van der Waals surface area contributed by atoms with E-state index in [1.54, 1.807) is 0 Å². The van der Waals surface area contributed by atoms with Gasteiger partial charge in [-0.05, 0) is 64.3 Å². The molecule has 0 spiro atoms. The van der Waals surface area contributed by atoms with E-state index in [0.717, 1.165) is 12.5 Å². The van der Waals surface area contributed by atoms with E-state index < -0.39 is 0 Å². The highest BCUT2D eigenvalue weighted by Crippen LogP contribution is 2.26. The van der Waals surface area contributed by atoms with Crippen LogP contribution < -0.4 is 5.32 Å². The maximum atomic E-state index is 3.52. The molecular weight excluding hydrogens is 244 g/mol. The zero-order valence-electron chi connectivity index (χ0n) is 13.7. The molecule has 1 heterocycles. The fourth-order valence-electron chi connectivity index (χ4n) is 3.44. The Balaban J connectivity index is 2.10. The van der Waals surface area contributed by atoms with Crippen LogP contribution >= 0.6 is 0 Å². The van der Waals surface area contributed by atoms with Crippen LogP contribution in [0.15, 0.2) is 18.2 Å². The van der Waals surface area contributed by atoms with Crippen molar-refractivity contribution in [2.45, 2.75) is 52.6 Å². The lowest BCUT2D eigenvalue weighted by atomic mass is 9.92. The van der Waals surface area contributed by atoms with E-state index >= 15 is 0 Å². The Hall–Kier alpha value is -0.860. The molecule has 0 amide bonds. The van der Waals surface area contributed by atoms with Crippen molar-refractivity contribution in [1.82, 2.24) is 10.2 Å². The first-order valence-corrected chi connectivity index (χ1v) is 7.99. The molecule has 1 fully saturated rings. The Morgan fingerprint density at radius 2 is 2.05 bits per heavy atom. The summed E-state index contributed by atoms with van der Waals surface area (Å²) in [5, 5.41) is 3.52. The summed E-state index contributed by atoms with van der Waals surface area (Å²) in [7, 11) is 2.09. The molecule has 2 heteroatoms. The Morgan fingerprint density at radius 3 is 2.70 bits per heavy atom. The van der Waals surface area contributed by atoms with Gasteiger partial charge in [-0.15, -0.1) is 0 Å². The van der Waals surface area contributed by atoms with E-state index in [-0.39, 0.29) is 0 Å². The van der Waals surface area contributed by atoms with Gasteiger partial charge in [-0.3, -0.25) is 4.90 Å².